The summed E-state index contributed by atoms with van der Waals surface area (Å²) in [6, 6.07) is 6.61. The molecule has 0 radical (unpaired) electrons. The topological polar surface area (TPSA) is 47.1 Å². The third-order valence-electron chi connectivity index (χ3n) is 3.16. The normalized spacial score (nSPS) is 11.1. The molecule has 0 aliphatic rings. The van der Waals surface area contributed by atoms with Crippen LogP contribution in [0.15, 0.2) is 24.3 Å². The molecule has 0 unspecified atom stereocenters. The van der Waals surface area contributed by atoms with Crippen LogP contribution in [0.25, 0.3) is 0 Å². The molecule has 0 aliphatic heterocycles. The summed E-state index contributed by atoms with van der Waals surface area (Å²) >= 11 is 0. The van der Waals surface area contributed by atoms with Crippen LogP contribution in [0, 0.1) is 5.82 Å². The molecular formula is C14H19FN4. The smallest absolute Gasteiger partial charge is 0.154 e. The van der Waals surface area contributed by atoms with E-state index >= 15 is 0 Å². The highest BCUT2D eigenvalue weighted by atomic mass is 19.1. The van der Waals surface area contributed by atoms with Gasteiger partial charge >= 0.3 is 0 Å². The monoisotopic (exact) mass is 262 g/mol. The first-order chi connectivity index (χ1) is 8.93. The minimum absolute atomic E-state index is 0.231. The number of nitrogen functional groups attached to an aromatic ring is 1. The van der Waals surface area contributed by atoms with E-state index in [1.165, 1.54) is 6.07 Å². The quantitative estimate of drug-likeness (QED) is 0.924. The Bertz CT molecular complexity index is 589. The number of rotatable bonds is 3. The Morgan fingerprint density at radius 1 is 1.32 bits per heavy atom. The molecule has 2 rings (SSSR count). The SMILES string of the molecule is CC(C)c1nn(C)c(N(C)c2ccccc2F)c1N. The second-order valence-corrected chi connectivity index (χ2v) is 4.91. The molecule has 1 heterocycles. The summed E-state index contributed by atoms with van der Waals surface area (Å²) < 4.78 is 15.5. The van der Waals surface area contributed by atoms with E-state index in [0.717, 1.165) is 5.69 Å². The van der Waals surface area contributed by atoms with E-state index in [-0.39, 0.29) is 11.7 Å². The molecule has 1 aromatic heterocycles. The maximum Gasteiger partial charge on any atom is 0.154 e. The number of nitrogens with zero attached hydrogens (tertiary/aromatic N) is 3. The lowest BCUT2D eigenvalue weighted by Crippen LogP contribution is -2.16. The van der Waals surface area contributed by atoms with Crippen molar-refractivity contribution in [3.05, 3.63) is 35.8 Å². The van der Waals surface area contributed by atoms with Crippen molar-refractivity contribution >= 4 is 17.2 Å². The Morgan fingerprint density at radius 3 is 2.47 bits per heavy atom. The van der Waals surface area contributed by atoms with Crippen LogP contribution in [0.3, 0.4) is 0 Å². The third kappa shape index (κ3) is 2.28. The van der Waals surface area contributed by atoms with Crippen molar-refractivity contribution in [3.63, 3.8) is 0 Å². The maximum atomic E-state index is 13.8. The number of nitrogens with two attached hydrogens (primary N) is 1. The molecule has 19 heavy (non-hydrogen) atoms. The van der Waals surface area contributed by atoms with Crippen LogP contribution in [-0.2, 0) is 7.05 Å². The van der Waals surface area contributed by atoms with Gasteiger partial charge in [-0.25, -0.2) is 4.39 Å². The third-order valence-corrected chi connectivity index (χ3v) is 3.16. The van der Waals surface area contributed by atoms with Crippen molar-refractivity contribution in [1.82, 2.24) is 9.78 Å². The van der Waals surface area contributed by atoms with Gasteiger partial charge in [0.1, 0.15) is 5.82 Å². The van der Waals surface area contributed by atoms with Crippen molar-refractivity contribution in [2.75, 3.05) is 17.7 Å². The molecule has 0 saturated heterocycles. The zero-order valence-corrected chi connectivity index (χ0v) is 11.7. The van der Waals surface area contributed by atoms with Crippen LogP contribution in [0.5, 0.6) is 0 Å². The summed E-state index contributed by atoms with van der Waals surface area (Å²) in [4.78, 5) is 1.73. The summed E-state index contributed by atoms with van der Waals surface area (Å²) in [5.41, 5.74) is 8.06. The largest absolute Gasteiger partial charge is 0.394 e. The fourth-order valence-corrected chi connectivity index (χ4v) is 2.21. The lowest BCUT2D eigenvalue weighted by molar-refractivity contribution is 0.625. The zero-order chi connectivity index (χ0) is 14.2. The highest BCUT2D eigenvalue weighted by molar-refractivity contribution is 5.73. The van der Waals surface area contributed by atoms with Crippen LogP contribution in [0.2, 0.25) is 0 Å². The van der Waals surface area contributed by atoms with E-state index in [9.17, 15) is 4.39 Å². The average molecular weight is 262 g/mol. The van der Waals surface area contributed by atoms with Gasteiger partial charge in [0, 0.05) is 14.1 Å². The van der Waals surface area contributed by atoms with Crippen molar-refractivity contribution in [2.24, 2.45) is 7.05 Å². The van der Waals surface area contributed by atoms with E-state index < -0.39 is 0 Å². The van der Waals surface area contributed by atoms with Crippen molar-refractivity contribution < 1.29 is 4.39 Å². The van der Waals surface area contributed by atoms with Gasteiger partial charge in [0.25, 0.3) is 0 Å². The van der Waals surface area contributed by atoms with Gasteiger partial charge in [-0.3, -0.25) is 4.68 Å². The van der Waals surface area contributed by atoms with E-state index in [4.69, 9.17) is 5.73 Å². The molecule has 1 aromatic carbocycles. The van der Waals surface area contributed by atoms with Gasteiger partial charge in [-0.2, -0.15) is 5.10 Å². The Labute approximate surface area is 112 Å². The Balaban J connectivity index is 2.51. The number of aromatic nitrogens is 2. The summed E-state index contributed by atoms with van der Waals surface area (Å²) in [6.07, 6.45) is 0. The van der Waals surface area contributed by atoms with Crippen LogP contribution >= 0.6 is 0 Å². The van der Waals surface area contributed by atoms with Crippen LogP contribution < -0.4 is 10.6 Å². The molecule has 0 atom stereocenters. The zero-order valence-electron chi connectivity index (χ0n) is 11.7. The molecule has 0 bridgehead atoms. The molecule has 0 aliphatic carbocycles. The first-order valence-corrected chi connectivity index (χ1v) is 6.24. The van der Waals surface area contributed by atoms with Gasteiger partial charge in [-0.05, 0) is 18.1 Å². The predicted molar refractivity (Wildman–Crippen MR) is 76.2 cm³/mol. The summed E-state index contributed by atoms with van der Waals surface area (Å²) in [5.74, 6) is 0.652. The number of hydrogen-bond acceptors (Lipinski definition) is 3. The van der Waals surface area contributed by atoms with Gasteiger partial charge in [0.05, 0.1) is 17.1 Å². The minimum atomic E-state index is -0.281. The number of hydrogen-bond donors (Lipinski definition) is 1. The Hall–Kier alpha value is -2.04. The lowest BCUT2D eigenvalue weighted by atomic mass is 10.1. The van der Waals surface area contributed by atoms with Gasteiger partial charge < -0.3 is 10.6 Å². The highest BCUT2D eigenvalue weighted by Crippen LogP contribution is 2.34. The number of para-hydroxylation sites is 1. The molecular weight excluding hydrogens is 243 g/mol. The molecule has 4 nitrogen and oxygen atoms in total. The molecule has 5 heteroatoms. The van der Waals surface area contributed by atoms with Gasteiger partial charge in [0.2, 0.25) is 0 Å². The number of benzene rings is 1. The number of anilines is 3. The average Bonchev–Trinajstić information content (AvgIpc) is 2.65. The van der Waals surface area contributed by atoms with Crippen LogP contribution in [-0.4, -0.2) is 16.8 Å². The fourth-order valence-electron chi connectivity index (χ4n) is 2.21. The van der Waals surface area contributed by atoms with E-state index in [1.54, 1.807) is 34.8 Å². The van der Waals surface area contributed by atoms with E-state index in [1.807, 2.05) is 20.9 Å². The highest BCUT2D eigenvalue weighted by Gasteiger charge is 2.20. The molecule has 102 valence electrons. The standard InChI is InChI=1S/C14H19FN4/c1-9(2)13-12(16)14(19(4)17-13)18(3)11-8-6-5-7-10(11)15/h5-9H,16H2,1-4H3. The maximum absolute atomic E-state index is 13.8. The second kappa shape index (κ2) is 4.91. The Kier molecular flexibility index (Phi) is 3.46. The minimum Gasteiger partial charge on any atom is -0.394 e. The van der Waals surface area contributed by atoms with Crippen molar-refractivity contribution in [2.45, 2.75) is 19.8 Å². The van der Waals surface area contributed by atoms with Crippen LogP contribution in [0.1, 0.15) is 25.5 Å². The Morgan fingerprint density at radius 2 is 1.95 bits per heavy atom. The summed E-state index contributed by atoms with van der Waals surface area (Å²) in [6.45, 7) is 4.07. The number of halogens is 1. The number of aryl methyl sites for hydroxylation is 1. The van der Waals surface area contributed by atoms with Gasteiger partial charge in [-0.1, -0.05) is 26.0 Å². The molecule has 0 fully saturated rings. The van der Waals surface area contributed by atoms with Gasteiger partial charge in [-0.15, -0.1) is 0 Å². The first-order valence-electron chi connectivity index (χ1n) is 6.24. The van der Waals surface area contributed by atoms with E-state index in [2.05, 4.69) is 5.10 Å². The molecule has 0 saturated carbocycles. The molecule has 0 spiro atoms. The van der Waals surface area contributed by atoms with Crippen molar-refractivity contribution in [3.8, 4) is 0 Å². The second-order valence-electron chi connectivity index (χ2n) is 4.91. The summed E-state index contributed by atoms with van der Waals surface area (Å²) in [5, 5.41) is 4.41. The van der Waals surface area contributed by atoms with Gasteiger partial charge in [0.15, 0.2) is 5.82 Å². The summed E-state index contributed by atoms with van der Waals surface area (Å²) in [7, 11) is 3.60. The predicted octanol–water partition coefficient (Wildman–Crippen LogP) is 3.03. The molecule has 2 N–H and O–H groups in total. The molecule has 0 amide bonds. The van der Waals surface area contributed by atoms with Crippen LogP contribution in [0.4, 0.5) is 21.6 Å². The first kappa shape index (κ1) is 13.4. The molecule has 2 aromatic rings. The fraction of sp³-hybridized carbons (Fsp3) is 0.357. The van der Waals surface area contributed by atoms with E-state index in [0.29, 0.717) is 17.2 Å². The van der Waals surface area contributed by atoms with Crippen molar-refractivity contribution in [1.29, 1.82) is 0 Å². The lowest BCUT2D eigenvalue weighted by Gasteiger charge is -2.20.